The first-order valence-corrected chi connectivity index (χ1v) is 6.77. The van der Waals surface area contributed by atoms with Crippen molar-refractivity contribution in [2.24, 2.45) is 5.92 Å². The van der Waals surface area contributed by atoms with Gasteiger partial charge < -0.3 is 14.8 Å². The Kier molecular flexibility index (Phi) is 4.22. The molecular weight excluding hydrogens is 202 g/mol. The summed E-state index contributed by atoms with van der Waals surface area (Å²) in [5.41, 5.74) is 0.0458. The quantitative estimate of drug-likeness (QED) is 0.752. The molecule has 0 amide bonds. The van der Waals surface area contributed by atoms with E-state index in [-0.39, 0.29) is 5.60 Å². The Bertz CT molecular complexity index is 204. The Labute approximate surface area is 98.9 Å². The second-order valence-electron chi connectivity index (χ2n) is 4.98. The monoisotopic (exact) mass is 227 g/mol. The van der Waals surface area contributed by atoms with Gasteiger partial charge in [0.1, 0.15) is 0 Å². The summed E-state index contributed by atoms with van der Waals surface area (Å²) in [6.45, 7) is 7.86. The number of nitrogens with one attached hydrogen (secondary N) is 1. The van der Waals surface area contributed by atoms with Crippen LogP contribution in [0.2, 0.25) is 0 Å². The van der Waals surface area contributed by atoms with E-state index < -0.39 is 0 Å². The van der Waals surface area contributed by atoms with Gasteiger partial charge in [0.15, 0.2) is 0 Å². The summed E-state index contributed by atoms with van der Waals surface area (Å²) >= 11 is 0. The van der Waals surface area contributed by atoms with Gasteiger partial charge in [-0.05, 0) is 32.2 Å². The SMILES string of the molecule is CCNC(C1CC1)C1(OCC)CCOCC1. The van der Waals surface area contributed by atoms with Crippen molar-refractivity contribution in [3.63, 3.8) is 0 Å². The van der Waals surface area contributed by atoms with Gasteiger partial charge in [0, 0.05) is 38.7 Å². The number of hydrogen-bond acceptors (Lipinski definition) is 3. The van der Waals surface area contributed by atoms with Crippen molar-refractivity contribution in [1.29, 1.82) is 0 Å². The predicted molar refractivity (Wildman–Crippen MR) is 64.6 cm³/mol. The van der Waals surface area contributed by atoms with E-state index in [1.54, 1.807) is 0 Å². The lowest BCUT2D eigenvalue weighted by molar-refractivity contribution is -0.130. The van der Waals surface area contributed by atoms with Crippen molar-refractivity contribution in [3.05, 3.63) is 0 Å². The molecule has 0 aromatic heterocycles. The summed E-state index contributed by atoms with van der Waals surface area (Å²) in [6.07, 6.45) is 4.84. The van der Waals surface area contributed by atoms with E-state index in [1.165, 1.54) is 12.8 Å². The Morgan fingerprint density at radius 2 is 2.00 bits per heavy atom. The van der Waals surface area contributed by atoms with Crippen molar-refractivity contribution in [2.75, 3.05) is 26.4 Å². The molecule has 2 aliphatic rings. The molecule has 0 aromatic carbocycles. The first-order chi connectivity index (χ1) is 7.82. The van der Waals surface area contributed by atoms with Crippen molar-refractivity contribution < 1.29 is 9.47 Å². The second-order valence-corrected chi connectivity index (χ2v) is 4.98. The molecule has 0 aromatic rings. The number of rotatable bonds is 6. The maximum absolute atomic E-state index is 6.14. The lowest BCUT2D eigenvalue weighted by atomic mass is 9.83. The zero-order valence-corrected chi connectivity index (χ0v) is 10.6. The highest BCUT2D eigenvalue weighted by atomic mass is 16.5. The second kappa shape index (κ2) is 5.48. The van der Waals surface area contributed by atoms with Gasteiger partial charge in [-0.2, -0.15) is 0 Å². The topological polar surface area (TPSA) is 30.5 Å². The van der Waals surface area contributed by atoms with Crippen LogP contribution in [0.15, 0.2) is 0 Å². The molecule has 1 aliphatic carbocycles. The van der Waals surface area contributed by atoms with E-state index in [4.69, 9.17) is 9.47 Å². The first kappa shape index (κ1) is 12.3. The molecule has 1 heterocycles. The number of ether oxygens (including phenoxy) is 2. The van der Waals surface area contributed by atoms with E-state index in [1.807, 2.05) is 0 Å². The Hall–Kier alpha value is -0.120. The summed E-state index contributed by atoms with van der Waals surface area (Å²) in [6, 6.07) is 0.543. The van der Waals surface area contributed by atoms with Crippen molar-refractivity contribution in [3.8, 4) is 0 Å². The minimum Gasteiger partial charge on any atom is -0.381 e. The molecule has 1 N–H and O–H groups in total. The zero-order valence-electron chi connectivity index (χ0n) is 10.6. The summed E-state index contributed by atoms with van der Waals surface area (Å²) in [7, 11) is 0. The molecule has 2 rings (SSSR count). The maximum atomic E-state index is 6.14. The molecule has 0 radical (unpaired) electrons. The van der Waals surface area contributed by atoms with E-state index in [0.717, 1.165) is 45.1 Å². The molecule has 1 aliphatic heterocycles. The third kappa shape index (κ3) is 2.58. The van der Waals surface area contributed by atoms with E-state index in [2.05, 4.69) is 19.2 Å². The summed E-state index contributed by atoms with van der Waals surface area (Å²) in [4.78, 5) is 0. The molecule has 1 unspecified atom stereocenters. The van der Waals surface area contributed by atoms with Gasteiger partial charge in [-0.15, -0.1) is 0 Å². The molecule has 2 fully saturated rings. The van der Waals surface area contributed by atoms with Crippen LogP contribution in [-0.4, -0.2) is 38.0 Å². The smallest absolute Gasteiger partial charge is 0.0881 e. The lowest BCUT2D eigenvalue weighted by Gasteiger charge is -2.43. The van der Waals surface area contributed by atoms with Gasteiger partial charge >= 0.3 is 0 Å². The predicted octanol–water partition coefficient (Wildman–Crippen LogP) is 1.96. The molecule has 3 nitrogen and oxygen atoms in total. The Balaban J connectivity index is 2.07. The van der Waals surface area contributed by atoms with Crippen LogP contribution in [0.3, 0.4) is 0 Å². The molecule has 94 valence electrons. The van der Waals surface area contributed by atoms with Gasteiger partial charge in [0.2, 0.25) is 0 Å². The van der Waals surface area contributed by atoms with Crippen LogP contribution in [0, 0.1) is 5.92 Å². The molecule has 3 heteroatoms. The van der Waals surface area contributed by atoms with Crippen LogP contribution in [0.1, 0.15) is 39.5 Å². The minimum atomic E-state index is 0.0458. The third-order valence-corrected chi connectivity index (χ3v) is 3.86. The summed E-state index contributed by atoms with van der Waals surface area (Å²) < 4.78 is 11.6. The van der Waals surface area contributed by atoms with Gasteiger partial charge in [-0.25, -0.2) is 0 Å². The van der Waals surface area contributed by atoms with Crippen molar-refractivity contribution in [1.82, 2.24) is 5.32 Å². The summed E-state index contributed by atoms with van der Waals surface area (Å²) in [5, 5.41) is 3.66. The van der Waals surface area contributed by atoms with E-state index in [0.29, 0.717) is 6.04 Å². The fourth-order valence-electron chi connectivity index (χ4n) is 2.98. The van der Waals surface area contributed by atoms with Gasteiger partial charge in [-0.3, -0.25) is 0 Å². The van der Waals surface area contributed by atoms with Crippen LogP contribution in [0.25, 0.3) is 0 Å². The van der Waals surface area contributed by atoms with E-state index >= 15 is 0 Å². The first-order valence-electron chi connectivity index (χ1n) is 6.77. The third-order valence-electron chi connectivity index (χ3n) is 3.86. The molecule has 1 saturated carbocycles. The molecule has 1 saturated heterocycles. The molecular formula is C13H25NO2. The fourth-order valence-corrected chi connectivity index (χ4v) is 2.98. The Morgan fingerprint density at radius 1 is 1.31 bits per heavy atom. The van der Waals surface area contributed by atoms with Crippen LogP contribution in [0.4, 0.5) is 0 Å². The standard InChI is InChI=1S/C13H25NO2/c1-3-14-12(11-5-6-11)13(16-4-2)7-9-15-10-8-13/h11-12,14H,3-10H2,1-2H3. The highest BCUT2D eigenvalue weighted by Crippen LogP contribution is 2.42. The Morgan fingerprint density at radius 3 is 2.50 bits per heavy atom. The normalized spacial score (nSPS) is 26.6. The van der Waals surface area contributed by atoms with Crippen LogP contribution in [-0.2, 0) is 9.47 Å². The zero-order chi connectivity index (χ0) is 11.4. The molecule has 0 spiro atoms. The van der Waals surface area contributed by atoms with Crippen molar-refractivity contribution >= 4 is 0 Å². The highest BCUT2D eigenvalue weighted by Gasteiger charge is 2.47. The van der Waals surface area contributed by atoms with Crippen LogP contribution in [0.5, 0.6) is 0 Å². The fraction of sp³-hybridized carbons (Fsp3) is 1.00. The molecule has 1 atom stereocenters. The van der Waals surface area contributed by atoms with Crippen LogP contribution >= 0.6 is 0 Å². The van der Waals surface area contributed by atoms with Crippen LogP contribution < -0.4 is 5.32 Å². The average molecular weight is 227 g/mol. The highest BCUT2D eigenvalue weighted by molar-refractivity contribution is 5.02. The van der Waals surface area contributed by atoms with E-state index in [9.17, 15) is 0 Å². The number of hydrogen-bond donors (Lipinski definition) is 1. The molecule has 0 bridgehead atoms. The number of likely N-dealkylation sites (N-methyl/N-ethyl adjacent to an activating group) is 1. The maximum Gasteiger partial charge on any atom is 0.0881 e. The molecule has 16 heavy (non-hydrogen) atoms. The lowest BCUT2D eigenvalue weighted by Crippen LogP contribution is -2.56. The van der Waals surface area contributed by atoms with Gasteiger partial charge in [0.25, 0.3) is 0 Å². The minimum absolute atomic E-state index is 0.0458. The largest absolute Gasteiger partial charge is 0.381 e. The van der Waals surface area contributed by atoms with Gasteiger partial charge in [-0.1, -0.05) is 6.92 Å². The summed E-state index contributed by atoms with van der Waals surface area (Å²) in [5.74, 6) is 0.838. The average Bonchev–Trinajstić information content (AvgIpc) is 3.11. The van der Waals surface area contributed by atoms with Crippen molar-refractivity contribution in [2.45, 2.75) is 51.2 Å². The van der Waals surface area contributed by atoms with Gasteiger partial charge in [0.05, 0.1) is 5.60 Å².